The summed E-state index contributed by atoms with van der Waals surface area (Å²) < 4.78 is 5.86. The van der Waals surface area contributed by atoms with Gasteiger partial charge >= 0.3 is 0 Å². The Balaban J connectivity index is 1.81. The second-order valence-corrected chi connectivity index (χ2v) is 5.70. The lowest BCUT2D eigenvalue weighted by molar-refractivity contribution is -0.115. The van der Waals surface area contributed by atoms with Crippen LogP contribution in [0.25, 0.3) is 6.08 Å². The second kappa shape index (κ2) is 6.81. The highest BCUT2D eigenvalue weighted by Crippen LogP contribution is 2.24. The van der Waals surface area contributed by atoms with Crippen molar-refractivity contribution >= 4 is 40.9 Å². The number of hydrogen-bond acceptors (Lipinski definition) is 3. The highest BCUT2D eigenvalue weighted by molar-refractivity contribution is 7.80. The zero-order chi connectivity index (χ0) is 16.2. The molecule has 6 heteroatoms. The molecule has 4 nitrogen and oxygen atoms in total. The lowest BCUT2D eigenvalue weighted by atomic mass is 10.1. The Hall–Kier alpha value is -2.37. The Morgan fingerprint density at radius 1 is 1.09 bits per heavy atom. The molecule has 1 fully saturated rings. The normalized spacial score (nSPS) is 15.4. The van der Waals surface area contributed by atoms with E-state index in [9.17, 15) is 4.79 Å². The van der Waals surface area contributed by atoms with Gasteiger partial charge in [0.1, 0.15) is 18.1 Å². The molecule has 2 aromatic rings. The van der Waals surface area contributed by atoms with Crippen molar-refractivity contribution in [2.75, 3.05) is 0 Å². The van der Waals surface area contributed by atoms with Crippen LogP contribution in [-0.4, -0.2) is 11.0 Å². The van der Waals surface area contributed by atoms with Gasteiger partial charge in [-0.1, -0.05) is 48.0 Å². The number of halogens is 1. The van der Waals surface area contributed by atoms with Crippen molar-refractivity contribution < 1.29 is 9.53 Å². The third-order valence-electron chi connectivity index (χ3n) is 3.28. The first-order chi connectivity index (χ1) is 11.1. The highest BCUT2D eigenvalue weighted by Gasteiger charge is 2.20. The molecule has 0 saturated carbocycles. The van der Waals surface area contributed by atoms with Gasteiger partial charge in [0.25, 0.3) is 5.91 Å². The SMILES string of the molecule is O=C1NC(=S)N/C1=C\c1ccccc1OCc1ccccc1Cl. The number of carbonyl (C=O) groups excluding carboxylic acids is 1. The van der Waals surface area contributed by atoms with Crippen LogP contribution in [0.1, 0.15) is 11.1 Å². The summed E-state index contributed by atoms with van der Waals surface area (Å²) in [7, 11) is 0. The lowest BCUT2D eigenvalue weighted by Gasteiger charge is -2.10. The summed E-state index contributed by atoms with van der Waals surface area (Å²) >= 11 is 11.1. The molecule has 2 N–H and O–H groups in total. The van der Waals surface area contributed by atoms with Crippen LogP contribution in [0.4, 0.5) is 0 Å². The standard InChI is InChI=1S/C17H13ClN2O2S/c18-13-7-3-1-6-12(13)10-22-15-8-4-2-5-11(15)9-14-16(21)20-17(23)19-14/h1-9H,10H2,(H2,19,20,21,23)/b14-9-. The molecule has 1 amide bonds. The lowest BCUT2D eigenvalue weighted by Crippen LogP contribution is -2.21. The first-order valence-corrected chi connectivity index (χ1v) is 7.71. The number of hydrogen-bond donors (Lipinski definition) is 2. The second-order valence-electron chi connectivity index (χ2n) is 4.88. The third kappa shape index (κ3) is 3.70. The smallest absolute Gasteiger partial charge is 0.273 e. The summed E-state index contributed by atoms with van der Waals surface area (Å²) in [5, 5.41) is 6.30. The maximum absolute atomic E-state index is 11.7. The summed E-state index contributed by atoms with van der Waals surface area (Å²) in [4.78, 5) is 11.7. The van der Waals surface area contributed by atoms with E-state index in [2.05, 4.69) is 10.6 Å². The van der Waals surface area contributed by atoms with Crippen molar-refractivity contribution in [1.29, 1.82) is 0 Å². The van der Waals surface area contributed by atoms with E-state index in [0.717, 1.165) is 11.1 Å². The molecule has 3 rings (SSSR count). The molecule has 0 bridgehead atoms. The molecular weight excluding hydrogens is 332 g/mol. The van der Waals surface area contributed by atoms with Gasteiger partial charge in [-0.15, -0.1) is 0 Å². The van der Waals surface area contributed by atoms with Gasteiger partial charge in [0.2, 0.25) is 0 Å². The van der Waals surface area contributed by atoms with E-state index in [1.165, 1.54) is 0 Å². The molecule has 23 heavy (non-hydrogen) atoms. The average Bonchev–Trinajstić information content (AvgIpc) is 2.85. The molecule has 1 aliphatic rings. The van der Waals surface area contributed by atoms with E-state index in [-0.39, 0.29) is 5.91 Å². The molecule has 0 aromatic heterocycles. The highest BCUT2D eigenvalue weighted by atomic mass is 35.5. The molecule has 1 heterocycles. The fourth-order valence-corrected chi connectivity index (χ4v) is 2.53. The first-order valence-electron chi connectivity index (χ1n) is 6.93. The molecule has 0 spiro atoms. The molecule has 0 aliphatic carbocycles. The first kappa shape index (κ1) is 15.5. The van der Waals surface area contributed by atoms with Gasteiger partial charge in [-0.05, 0) is 30.4 Å². The number of thiocarbonyl (C=S) groups is 1. The minimum absolute atomic E-state index is 0.254. The van der Waals surface area contributed by atoms with Crippen molar-refractivity contribution in [3.63, 3.8) is 0 Å². The Morgan fingerprint density at radius 3 is 2.57 bits per heavy atom. The van der Waals surface area contributed by atoms with E-state index in [0.29, 0.717) is 28.2 Å². The average molecular weight is 345 g/mol. The molecule has 0 unspecified atom stereocenters. The third-order valence-corrected chi connectivity index (χ3v) is 3.85. The summed E-state index contributed by atoms with van der Waals surface area (Å²) in [6.07, 6.45) is 1.70. The number of amides is 1. The molecule has 0 atom stereocenters. The zero-order valence-corrected chi connectivity index (χ0v) is 13.6. The Kier molecular flexibility index (Phi) is 4.60. The molecule has 1 aliphatic heterocycles. The molecule has 1 saturated heterocycles. The van der Waals surface area contributed by atoms with Crippen LogP contribution in [0.5, 0.6) is 5.75 Å². The van der Waals surface area contributed by atoms with Gasteiger partial charge in [-0.2, -0.15) is 0 Å². The van der Waals surface area contributed by atoms with Gasteiger partial charge in [0.05, 0.1) is 0 Å². The maximum atomic E-state index is 11.7. The summed E-state index contributed by atoms with van der Waals surface area (Å²) in [5.41, 5.74) is 2.07. The largest absolute Gasteiger partial charge is 0.488 e. The minimum atomic E-state index is -0.254. The Labute approximate surface area is 144 Å². The maximum Gasteiger partial charge on any atom is 0.273 e. The van der Waals surface area contributed by atoms with E-state index >= 15 is 0 Å². The van der Waals surface area contributed by atoms with E-state index in [1.807, 2.05) is 48.5 Å². The topological polar surface area (TPSA) is 50.4 Å². The van der Waals surface area contributed by atoms with Gasteiger partial charge in [-0.3, -0.25) is 10.1 Å². The number of para-hydroxylation sites is 1. The van der Waals surface area contributed by atoms with E-state index < -0.39 is 0 Å². The van der Waals surface area contributed by atoms with Gasteiger partial charge in [0.15, 0.2) is 5.11 Å². The number of rotatable bonds is 4. The molecule has 0 radical (unpaired) electrons. The van der Waals surface area contributed by atoms with Crippen molar-refractivity contribution in [1.82, 2.24) is 10.6 Å². The Bertz CT molecular complexity index is 805. The van der Waals surface area contributed by atoms with Gasteiger partial charge in [0, 0.05) is 16.1 Å². The number of nitrogens with one attached hydrogen (secondary N) is 2. The zero-order valence-electron chi connectivity index (χ0n) is 12.0. The number of benzene rings is 2. The molecular formula is C17H13ClN2O2S. The fraction of sp³-hybridized carbons (Fsp3) is 0.0588. The van der Waals surface area contributed by atoms with Crippen LogP contribution in [-0.2, 0) is 11.4 Å². The van der Waals surface area contributed by atoms with Crippen LogP contribution in [0.2, 0.25) is 5.02 Å². The van der Waals surface area contributed by atoms with Crippen molar-refractivity contribution in [2.24, 2.45) is 0 Å². The van der Waals surface area contributed by atoms with Crippen LogP contribution in [0.15, 0.2) is 54.2 Å². The summed E-state index contributed by atoms with van der Waals surface area (Å²) in [5.74, 6) is 0.406. The van der Waals surface area contributed by atoms with E-state index in [4.69, 9.17) is 28.6 Å². The van der Waals surface area contributed by atoms with Crippen LogP contribution < -0.4 is 15.4 Å². The van der Waals surface area contributed by atoms with Gasteiger partial charge < -0.3 is 10.1 Å². The number of ether oxygens (including phenoxy) is 1. The molecule has 2 aromatic carbocycles. The summed E-state index contributed by atoms with van der Waals surface area (Å²) in [6.45, 7) is 0.345. The molecule has 116 valence electrons. The Morgan fingerprint density at radius 2 is 1.83 bits per heavy atom. The fourth-order valence-electron chi connectivity index (χ4n) is 2.14. The van der Waals surface area contributed by atoms with E-state index in [1.54, 1.807) is 6.08 Å². The van der Waals surface area contributed by atoms with Crippen LogP contribution in [0.3, 0.4) is 0 Å². The quantitative estimate of drug-likeness (QED) is 0.660. The monoisotopic (exact) mass is 344 g/mol. The van der Waals surface area contributed by atoms with Crippen LogP contribution >= 0.6 is 23.8 Å². The van der Waals surface area contributed by atoms with Crippen molar-refractivity contribution in [3.8, 4) is 5.75 Å². The minimum Gasteiger partial charge on any atom is -0.488 e. The van der Waals surface area contributed by atoms with Crippen LogP contribution in [0, 0.1) is 0 Å². The predicted molar refractivity (Wildman–Crippen MR) is 94.1 cm³/mol. The summed E-state index contributed by atoms with van der Waals surface area (Å²) in [6, 6.07) is 15.0. The predicted octanol–water partition coefficient (Wildman–Crippen LogP) is 3.26. The van der Waals surface area contributed by atoms with Gasteiger partial charge in [-0.25, -0.2) is 0 Å². The van der Waals surface area contributed by atoms with Crippen molar-refractivity contribution in [3.05, 3.63) is 70.4 Å². The number of carbonyl (C=O) groups is 1. The van der Waals surface area contributed by atoms with Crippen molar-refractivity contribution in [2.45, 2.75) is 6.61 Å².